The Labute approximate surface area is 34.1 Å². The summed E-state index contributed by atoms with van der Waals surface area (Å²) in [6.07, 6.45) is 0. The summed E-state index contributed by atoms with van der Waals surface area (Å²) in [7, 11) is 0. The zero-order chi connectivity index (χ0) is 4.71. The van der Waals surface area contributed by atoms with E-state index in [0.29, 0.717) is 0 Å². The number of hydrogen-bond acceptors (Lipinski definition) is 5. The van der Waals surface area contributed by atoms with Crippen LogP contribution < -0.4 is 11.0 Å². The second-order valence-electron chi connectivity index (χ2n) is 0.105. The van der Waals surface area contributed by atoms with Crippen LogP contribution in [0.5, 0.6) is 0 Å². The molecule has 5 heavy (non-hydrogen) atoms. The minimum absolute atomic E-state index is 0.250. The fraction of sp³-hybridized carbons (Fsp3) is 0. The summed E-state index contributed by atoms with van der Waals surface area (Å²) in [5.74, 6) is 3.50. The molecule has 5 heteroatoms. The molecule has 0 saturated carbocycles. The lowest BCUT2D eigenvalue weighted by Gasteiger charge is -1.53. The van der Waals surface area contributed by atoms with Crippen LogP contribution in [-0.4, -0.2) is 9.76 Å². The van der Waals surface area contributed by atoms with E-state index in [1.807, 2.05) is 0 Å². The molecule has 0 radical (unpaired) electrons. The van der Waals surface area contributed by atoms with Gasteiger partial charge in [-0.1, -0.05) is 0 Å². The van der Waals surface area contributed by atoms with E-state index in [9.17, 15) is 0 Å². The van der Waals surface area contributed by atoms with Gasteiger partial charge in [0.05, 0.1) is 12.2 Å². The van der Waals surface area contributed by atoms with Crippen LogP contribution in [0.25, 0.3) is 0 Å². The van der Waals surface area contributed by atoms with E-state index in [0.717, 1.165) is 0 Å². The summed E-state index contributed by atoms with van der Waals surface area (Å²) in [5.41, 5.74) is 0. The molecule has 0 rings (SSSR count). The second kappa shape index (κ2) is 30.1. The largest absolute Gasteiger partial charge is 0.320 e. The molecule has 0 heterocycles. The first-order valence-electron chi connectivity index (χ1n) is 0.676. The molecule has 0 aliphatic heterocycles. The Kier molecular flexibility index (Phi) is 53.9. The Hall–Kier alpha value is 0.190. The highest BCUT2D eigenvalue weighted by Crippen LogP contribution is 1.57. The van der Waals surface area contributed by atoms with Crippen LogP contribution in [0, 0.1) is 0 Å². The molecular formula is H6N2O2S. The molecule has 0 aliphatic carbocycles. The fourth-order valence-electron chi connectivity index (χ4n) is 0. The zero-order valence-corrected chi connectivity index (χ0v) is 3.27. The maximum Gasteiger partial charge on any atom is 0.0729 e. The summed E-state index contributed by atoms with van der Waals surface area (Å²) in [5, 5.41) is 10.8. The van der Waals surface area contributed by atoms with E-state index in [1.165, 1.54) is 0 Å². The molecule has 0 saturated heterocycles. The Balaban J connectivity index is 0. The third kappa shape index (κ3) is 557. The minimum Gasteiger partial charge on any atom is -0.320 e. The van der Waals surface area contributed by atoms with Crippen LogP contribution in [-0.2, 0) is 0 Å². The van der Waals surface area contributed by atoms with Gasteiger partial charge in [-0.3, -0.25) is 5.14 Å². The molecule has 34 valence electrons. The van der Waals surface area contributed by atoms with Gasteiger partial charge in [0.25, 0.3) is 0 Å². The normalized spacial score (nSPS) is 4.80. The SMILES string of the molecule is NO.NSO. The first kappa shape index (κ1) is 8.95. The van der Waals surface area contributed by atoms with Crippen LogP contribution in [0.1, 0.15) is 0 Å². The van der Waals surface area contributed by atoms with Gasteiger partial charge in [0.2, 0.25) is 0 Å². The lowest BCUT2D eigenvalue weighted by Crippen LogP contribution is -1.72. The molecule has 4 nitrogen and oxygen atoms in total. The molecule has 0 aromatic rings. The van der Waals surface area contributed by atoms with Crippen molar-refractivity contribution in [2.45, 2.75) is 0 Å². The molecule has 0 amide bonds. The highest BCUT2D eigenvalue weighted by atomic mass is 32.2. The third-order valence-corrected chi connectivity index (χ3v) is 0. The van der Waals surface area contributed by atoms with Gasteiger partial charge in [0, 0.05) is 0 Å². The van der Waals surface area contributed by atoms with Crippen molar-refractivity contribution in [2.24, 2.45) is 11.0 Å². The molecule has 0 spiro atoms. The van der Waals surface area contributed by atoms with Crippen molar-refractivity contribution in [1.82, 2.24) is 0 Å². The summed E-state index contributed by atoms with van der Waals surface area (Å²) in [4.78, 5) is 0. The van der Waals surface area contributed by atoms with E-state index in [2.05, 4.69) is 11.0 Å². The number of hydrogen-bond donors (Lipinski definition) is 4. The molecule has 0 bridgehead atoms. The van der Waals surface area contributed by atoms with Crippen LogP contribution in [0.15, 0.2) is 0 Å². The summed E-state index contributed by atoms with van der Waals surface area (Å²) in [6, 6.07) is 0. The maximum atomic E-state index is 7.26. The molecule has 0 aromatic heterocycles. The minimum atomic E-state index is 0.250. The van der Waals surface area contributed by atoms with Crippen molar-refractivity contribution in [3.63, 3.8) is 0 Å². The predicted octanol–water partition coefficient (Wildman–Crippen LogP) is -0.599. The fourth-order valence-corrected chi connectivity index (χ4v) is 0. The van der Waals surface area contributed by atoms with Gasteiger partial charge < -0.3 is 9.76 Å². The first-order chi connectivity index (χ1) is 2.41. The van der Waals surface area contributed by atoms with Crippen LogP contribution >= 0.6 is 12.2 Å². The van der Waals surface area contributed by atoms with Crippen molar-refractivity contribution < 1.29 is 9.76 Å². The maximum absolute atomic E-state index is 7.26. The number of nitrogens with two attached hydrogens (primary N) is 2. The zero-order valence-electron chi connectivity index (χ0n) is 2.46. The van der Waals surface area contributed by atoms with Crippen LogP contribution in [0.4, 0.5) is 0 Å². The standard InChI is InChI=1S/H3NOS.H3NO/c1-3-2;1-2/h2H,1H2;2H,1H2. The van der Waals surface area contributed by atoms with E-state index in [4.69, 9.17) is 9.76 Å². The van der Waals surface area contributed by atoms with Crippen molar-refractivity contribution in [3.05, 3.63) is 0 Å². The summed E-state index contributed by atoms with van der Waals surface area (Å²) in [6.45, 7) is 0. The second-order valence-corrected chi connectivity index (χ2v) is 0.316. The Morgan fingerprint density at radius 1 is 1.40 bits per heavy atom. The molecule has 0 unspecified atom stereocenters. The Bertz CT molecular complexity index is 7.61. The van der Waals surface area contributed by atoms with Gasteiger partial charge in [-0.05, 0) is 0 Å². The summed E-state index contributed by atoms with van der Waals surface area (Å²) < 4.78 is 7.26. The molecule has 6 N–H and O–H groups in total. The van der Waals surface area contributed by atoms with Gasteiger partial charge in [-0.2, -0.15) is 0 Å². The van der Waals surface area contributed by atoms with Gasteiger partial charge in [0.15, 0.2) is 0 Å². The first-order valence-corrected chi connectivity index (χ1v) is 1.51. The van der Waals surface area contributed by atoms with Gasteiger partial charge >= 0.3 is 0 Å². The summed E-state index contributed by atoms with van der Waals surface area (Å²) >= 11 is 0.250. The molecule has 0 aliphatic rings. The molecule has 0 fully saturated rings. The van der Waals surface area contributed by atoms with Gasteiger partial charge in [-0.15, -0.1) is 0 Å². The van der Waals surface area contributed by atoms with Gasteiger partial charge in [0.1, 0.15) is 0 Å². The highest BCUT2D eigenvalue weighted by molar-refractivity contribution is 7.91. The van der Waals surface area contributed by atoms with E-state index < -0.39 is 0 Å². The quantitative estimate of drug-likeness (QED) is 0.184. The van der Waals surface area contributed by atoms with Crippen molar-refractivity contribution in [2.75, 3.05) is 0 Å². The average Bonchev–Trinajstić information content (AvgIpc) is 1.46. The predicted molar refractivity (Wildman–Crippen MR) is 20.4 cm³/mol. The third-order valence-electron chi connectivity index (χ3n) is 0. The van der Waals surface area contributed by atoms with Gasteiger partial charge in [-0.25, -0.2) is 5.90 Å². The van der Waals surface area contributed by atoms with E-state index in [-0.39, 0.29) is 12.2 Å². The van der Waals surface area contributed by atoms with Crippen LogP contribution in [0.3, 0.4) is 0 Å². The molecular weight excluding hydrogens is 92.1 g/mol. The van der Waals surface area contributed by atoms with E-state index >= 15 is 0 Å². The van der Waals surface area contributed by atoms with Crippen molar-refractivity contribution in [3.8, 4) is 0 Å². The highest BCUT2D eigenvalue weighted by Gasteiger charge is 1.32. The van der Waals surface area contributed by atoms with Crippen LogP contribution in [0.2, 0.25) is 0 Å². The lowest BCUT2D eigenvalue weighted by molar-refractivity contribution is 0.311. The van der Waals surface area contributed by atoms with Crippen molar-refractivity contribution >= 4 is 12.2 Å². The lowest BCUT2D eigenvalue weighted by atomic mass is 13.6. The topological polar surface area (TPSA) is 92.5 Å². The Morgan fingerprint density at radius 3 is 1.40 bits per heavy atom. The van der Waals surface area contributed by atoms with E-state index in [1.54, 1.807) is 0 Å². The molecule has 0 aromatic carbocycles. The number of rotatable bonds is 0. The molecule has 0 atom stereocenters. The Morgan fingerprint density at radius 2 is 1.40 bits per heavy atom. The average molecular weight is 98.1 g/mol. The smallest absolute Gasteiger partial charge is 0.0729 e. The van der Waals surface area contributed by atoms with Crippen molar-refractivity contribution in [1.29, 1.82) is 0 Å². The monoisotopic (exact) mass is 98.0 g/mol.